The van der Waals surface area contributed by atoms with Crippen LogP contribution < -0.4 is 4.90 Å². The molecule has 0 N–H and O–H groups in total. The Bertz CT molecular complexity index is 3110. The molecule has 0 radical (unpaired) electrons. The number of hydrogen-bond acceptors (Lipinski definition) is 3. The Kier molecular flexibility index (Phi) is 6.46. The van der Waals surface area contributed by atoms with Gasteiger partial charge in [0.25, 0.3) is 0 Å². The highest BCUT2D eigenvalue weighted by atomic mass is 32.1. The van der Waals surface area contributed by atoms with Crippen molar-refractivity contribution in [1.29, 1.82) is 0 Å². The Hall–Kier alpha value is -6.81. The summed E-state index contributed by atoms with van der Waals surface area (Å²) in [5.41, 5.74) is 16.0. The van der Waals surface area contributed by atoms with Gasteiger partial charge in [-0.15, -0.1) is 11.3 Å². The normalized spacial score (nSPS) is 13.2. The summed E-state index contributed by atoms with van der Waals surface area (Å²) in [6, 6.07) is 67.6. The minimum atomic E-state index is -0.421. The minimum absolute atomic E-state index is 0.421. The van der Waals surface area contributed by atoms with Gasteiger partial charge in [-0.2, -0.15) is 0 Å². The standard InChI is InChI=1S/C52H32N2S/c1-2-12-33(13-3-1)34-24-26-37(27-25-34)54(48-23-10-17-40-42-30-35-28-29-53-32-36(35)31-49(42)55-51(40)48)47-22-11-21-46-50(47)41-16-6-9-20-45(41)52(46)43-18-7-4-14-38(43)39-15-5-8-19-44(39)52/h1-32H. The highest BCUT2D eigenvalue weighted by Gasteiger charge is 2.52. The molecule has 0 amide bonds. The van der Waals surface area contributed by atoms with E-state index in [0.717, 1.165) is 11.1 Å². The highest BCUT2D eigenvalue weighted by molar-refractivity contribution is 7.26. The first-order chi connectivity index (χ1) is 27.3. The van der Waals surface area contributed by atoms with Gasteiger partial charge < -0.3 is 4.90 Å². The summed E-state index contributed by atoms with van der Waals surface area (Å²) in [5.74, 6) is 0. The maximum absolute atomic E-state index is 4.43. The van der Waals surface area contributed by atoms with E-state index in [1.807, 2.05) is 23.7 Å². The van der Waals surface area contributed by atoms with Gasteiger partial charge in [0.2, 0.25) is 0 Å². The van der Waals surface area contributed by atoms with Crippen molar-refractivity contribution in [2.24, 2.45) is 0 Å². The van der Waals surface area contributed by atoms with Gasteiger partial charge >= 0.3 is 0 Å². The maximum Gasteiger partial charge on any atom is 0.0726 e. The number of aromatic nitrogens is 1. The Labute approximate surface area is 323 Å². The Morgan fingerprint density at radius 2 is 1.07 bits per heavy atom. The molecule has 10 aromatic rings. The summed E-state index contributed by atoms with van der Waals surface area (Å²) in [6.07, 6.45) is 3.86. The zero-order valence-electron chi connectivity index (χ0n) is 29.8. The molecule has 2 aliphatic carbocycles. The fraction of sp³-hybridized carbons (Fsp3) is 0.0192. The highest BCUT2D eigenvalue weighted by Crippen LogP contribution is 2.64. The van der Waals surface area contributed by atoms with Crippen molar-refractivity contribution in [3.63, 3.8) is 0 Å². The first-order valence-corrected chi connectivity index (χ1v) is 19.7. The van der Waals surface area contributed by atoms with E-state index in [9.17, 15) is 0 Å². The van der Waals surface area contributed by atoms with Gasteiger partial charge in [0, 0.05) is 44.5 Å². The zero-order valence-corrected chi connectivity index (χ0v) is 30.6. The second-order valence-corrected chi connectivity index (χ2v) is 15.7. The predicted octanol–water partition coefficient (Wildman–Crippen LogP) is 14.1. The number of pyridine rings is 1. The van der Waals surface area contributed by atoms with E-state index in [1.165, 1.54) is 92.6 Å². The van der Waals surface area contributed by atoms with Gasteiger partial charge in [-0.25, -0.2) is 0 Å². The zero-order chi connectivity index (χ0) is 36.1. The third-order valence-electron chi connectivity index (χ3n) is 11.9. The van der Waals surface area contributed by atoms with E-state index in [0.29, 0.717) is 0 Å². The first kappa shape index (κ1) is 30.6. The molecule has 0 saturated heterocycles. The van der Waals surface area contributed by atoms with E-state index in [1.54, 1.807) is 0 Å². The molecule has 12 rings (SSSR count). The molecule has 8 aromatic carbocycles. The molecule has 0 atom stereocenters. The van der Waals surface area contributed by atoms with Crippen LogP contribution in [0.4, 0.5) is 17.1 Å². The average molecular weight is 717 g/mol. The van der Waals surface area contributed by atoms with Crippen LogP contribution in [0, 0.1) is 0 Å². The topological polar surface area (TPSA) is 16.1 Å². The van der Waals surface area contributed by atoms with Gasteiger partial charge in [-0.1, -0.05) is 140 Å². The summed E-state index contributed by atoms with van der Waals surface area (Å²) >= 11 is 1.87. The van der Waals surface area contributed by atoms with Gasteiger partial charge in [-0.05, 0) is 97.9 Å². The smallest absolute Gasteiger partial charge is 0.0726 e. The SMILES string of the molecule is c1ccc(-c2ccc(N(c3cccc4c3-c3ccccc3C43c4ccccc4-c4ccccc43)c3cccc4c3sc3cc5cnccc5cc34)cc2)cc1. The summed E-state index contributed by atoms with van der Waals surface area (Å²) in [6.45, 7) is 0. The van der Waals surface area contributed by atoms with Crippen molar-refractivity contribution in [1.82, 2.24) is 4.98 Å². The summed E-state index contributed by atoms with van der Waals surface area (Å²) in [7, 11) is 0. The van der Waals surface area contributed by atoms with Crippen molar-refractivity contribution >= 4 is 59.3 Å². The lowest BCUT2D eigenvalue weighted by atomic mass is 9.70. The molecular formula is C52H32N2S. The fourth-order valence-corrected chi connectivity index (χ4v) is 10.9. The van der Waals surface area contributed by atoms with Crippen LogP contribution in [0.3, 0.4) is 0 Å². The van der Waals surface area contributed by atoms with Crippen LogP contribution in [-0.4, -0.2) is 4.98 Å². The van der Waals surface area contributed by atoms with Crippen LogP contribution in [-0.2, 0) is 5.41 Å². The molecule has 0 unspecified atom stereocenters. The van der Waals surface area contributed by atoms with E-state index >= 15 is 0 Å². The summed E-state index contributed by atoms with van der Waals surface area (Å²) in [5, 5.41) is 4.92. The van der Waals surface area contributed by atoms with Gasteiger partial charge in [0.15, 0.2) is 0 Å². The molecule has 0 bridgehead atoms. The molecule has 0 fully saturated rings. The number of thiophene rings is 1. The first-order valence-electron chi connectivity index (χ1n) is 18.9. The van der Waals surface area contributed by atoms with Crippen molar-refractivity contribution in [2.75, 3.05) is 4.90 Å². The van der Waals surface area contributed by atoms with Crippen molar-refractivity contribution in [3.05, 3.63) is 217 Å². The third-order valence-corrected chi connectivity index (χ3v) is 13.1. The Morgan fingerprint density at radius 1 is 0.455 bits per heavy atom. The summed E-state index contributed by atoms with van der Waals surface area (Å²) in [4.78, 5) is 6.96. The Morgan fingerprint density at radius 3 is 1.84 bits per heavy atom. The molecule has 0 saturated carbocycles. The number of hydrogen-bond donors (Lipinski definition) is 0. The largest absolute Gasteiger partial charge is 0.308 e. The van der Waals surface area contributed by atoms with Gasteiger partial charge in [0.1, 0.15) is 0 Å². The van der Waals surface area contributed by atoms with Crippen molar-refractivity contribution in [3.8, 4) is 33.4 Å². The molecule has 1 spiro atoms. The van der Waals surface area contributed by atoms with E-state index in [4.69, 9.17) is 0 Å². The number of rotatable bonds is 4. The van der Waals surface area contributed by atoms with Crippen LogP contribution in [0.25, 0.3) is 64.3 Å². The molecule has 256 valence electrons. The molecule has 2 heterocycles. The van der Waals surface area contributed by atoms with E-state index < -0.39 is 5.41 Å². The number of nitrogens with zero attached hydrogens (tertiary/aromatic N) is 2. The van der Waals surface area contributed by atoms with Crippen LogP contribution in [0.15, 0.2) is 194 Å². The fourth-order valence-electron chi connectivity index (χ4n) is 9.69. The van der Waals surface area contributed by atoms with Gasteiger partial charge in [-0.3, -0.25) is 4.98 Å². The lowest BCUT2D eigenvalue weighted by Gasteiger charge is -2.32. The second kappa shape index (κ2) is 11.6. The minimum Gasteiger partial charge on any atom is -0.308 e. The average Bonchev–Trinajstić information content (AvgIpc) is 3.88. The second-order valence-electron chi connectivity index (χ2n) is 14.7. The van der Waals surface area contributed by atoms with Gasteiger partial charge in [0.05, 0.1) is 21.5 Å². The molecule has 2 nitrogen and oxygen atoms in total. The van der Waals surface area contributed by atoms with E-state index in [2.05, 4.69) is 192 Å². The molecular weight excluding hydrogens is 685 g/mol. The van der Waals surface area contributed by atoms with Crippen molar-refractivity contribution < 1.29 is 0 Å². The van der Waals surface area contributed by atoms with E-state index in [-0.39, 0.29) is 0 Å². The van der Waals surface area contributed by atoms with Crippen LogP contribution in [0.2, 0.25) is 0 Å². The monoisotopic (exact) mass is 716 g/mol. The molecule has 55 heavy (non-hydrogen) atoms. The molecule has 2 aromatic heterocycles. The third kappa shape index (κ3) is 4.22. The molecule has 0 aliphatic heterocycles. The van der Waals surface area contributed by atoms with Crippen LogP contribution >= 0.6 is 11.3 Å². The molecule has 3 heteroatoms. The summed E-state index contributed by atoms with van der Waals surface area (Å²) < 4.78 is 2.53. The Balaban J connectivity index is 1.16. The lowest BCUT2D eigenvalue weighted by Crippen LogP contribution is -2.26. The quantitative estimate of drug-likeness (QED) is 0.180. The lowest BCUT2D eigenvalue weighted by molar-refractivity contribution is 0.794. The number of fused-ring (bicyclic) bond motifs is 14. The number of anilines is 3. The predicted molar refractivity (Wildman–Crippen MR) is 231 cm³/mol. The number of benzene rings is 8. The molecule has 2 aliphatic rings. The van der Waals surface area contributed by atoms with Crippen molar-refractivity contribution in [2.45, 2.75) is 5.41 Å². The maximum atomic E-state index is 4.43. The van der Waals surface area contributed by atoms with Crippen LogP contribution in [0.5, 0.6) is 0 Å². The van der Waals surface area contributed by atoms with Crippen LogP contribution in [0.1, 0.15) is 22.3 Å².